The van der Waals surface area contributed by atoms with Crippen LogP contribution in [0.25, 0.3) is 0 Å². The van der Waals surface area contributed by atoms with Crippen LogP contribution in [0.3, 0.4) is 0 Å². The zero-order valence-electron chi connectivity index (χ0n) is 15.1. The summed E-state index contributed by atoms with van der Waals surface area (Å²) in [7, 11) is 0. The van der Waals surface area contributed by atoms with Gasteiger partial charge >= 0.3 is 5.97 Å². The van der Waals surface area contributed by atoms with E-state index in [9.17, 15) is 30.2 Å². The van der Waals surface area contributed by atoms with Crippen LogP contribution < -0.4 is 4.74 Å². The molecule has 0 spiro atoms. The molecule has 1 saturated heterocycles. The first-order valence-electron chi connectivity index (χ1n) is 7.20. The number of nitro groups is 1. The molecule has 29 heavy (non-hydrogen) atoms. The van der Waals surface area contributed by atoms with Crippen LogP contribution >= 0.6 is 11.8 Å². The van der Waals surface area contributed by atoms with E-state index in [1.54, 1.807) is 0 Å². The van der Waals surface area contributed by atoms with Crippen LogP contribution in [-0.4, -0.2) is 73.5 Å². The van der Waals surface area contributed by atoms with Crippen LogP contribution in [0.15, 0.2) is 24.3 Å². The molecule has 4 radical (unpaired) electrons. The number of nitrogens with zero attached hydrogens (tertiary/aromatic N) is 1. The Morgan fingerprint density at radius 3 is 2.10 bits per heavy atom. The predicted octanol–water partition coefficient (Wildman–Crippen LogP) is -0.967. The molecule has 10 nitrogen and oxygen atoms in total. The van der Waals surface area contributed by atoms with Crippen LogP contribution in [0.1, 0.15) is 0 Å². The van der Waals surface area contributed by atoms with Crippen LogP contribution in [0.5, 0.6) is 5.75 Å². The predicted molar refractivity (Wildman–Crippen MR) is 85.0 cm³/mol. The van der Waals surface area contributed by atoms with Crippen molar-refractivity contribution < 1.29 is 216 Å². The summed E-state index contributed by atoms with van der Waals surface area (Å²) in [4.78, 5) is 21.8. The summed E-state index contributed by atoms with van der Waals surface area (Å²) in [6.45, 7) is -0.560. The van der Waals surface area contributed by atoms with Gasteiger partial charge in [0.15, 0.2) is 0 Å². The van der Waals surface area contributed by atoms with Gasteiger partial charge in [-0.3, -0.25) is 14.9 Å². The average Bonchev–Trinajstić information content (AvgIpc) is 2.59. The largest absolute Gasteiger partial charge is 0.426 e. The fraction of sp³-hybridized carbons (Fsp3) is 0.500. The summed E-state index contributed by atoms with van der Waals surface area (Å²) in [6, 6.07) is 4.92. The molecule has 1 heterocycles. The van der Waals surface area contributed by atoms with Gasteiger partial charge in [-0.15, -0.1) is 11.8 Å². The first kappa shape index (κ1) is 37.6. The Kier molecular flexibility index (Phi) is 24.9. The zero-order chi connectivity index (χ0) is 18.6. The summed E-state index contributed by atoms with van der Waals surface area (Å²) in [5.41, 5.74) is -1.18. The van der Waals surface area contributed by atoms with Crippen LogP contribution in [0.4, 0.5) is 5.69 Å². The molecule has 0 bridgehead atoms. The van der Waals surface area contributed by atoms with Crippen molar-refractivity contribution in [3.63, 3.8) is 0 Å². The molecule has 1 aliphatic rings. The van der Waals surface area contributed by atoms with Gasteiger partial charge in [0.05, 0.1) is 17.3 Å². The number of nitro benzene ring substituents is 1. The topological polar surface area (TPSA) is 160 Å². The molecule has 1 aliphatic heterocycles. The van der Waals surface area contributed by atoms with Gasteiger partial charge in [0, 0.05) is 188 Å². The Bertz CT molecular complexity index is 626. The summed E-state index contributed by atoms with van der Waals surface area (Å²) < 4.78 is 10.2. The Balaban J connectivity index is -0.00000169. The molecule has 15 heteroatoms. The first-order chi connectivity index (χ1) is 11.8. The zero-order valence-corrected chi connectivity index (χ0v) is 34.9. The van der Waals surface area contributed by atoms with Gasteiger partial charge in [-0.2, -0.15) is 0 Å². The van der Waals surface area contributed by atoms with E-state index in [4.69, 9.17) is 14.6 Å². The molecule has 5 atom stereocenters. The van der Waals surface area contributed by atoms with Gasteiger partial charge < -0.3 is 29.9 Å². The number of thioether (sulfide) groups is 1. The van der Waals surface area contributed by atoms with E-state index in [0.29, 0.717) is 0 Å². The van der Waals surface area contributed by atoms with Gasteiger partial charge in [0.2, 0.25) is 0 Å². The normalized spacial score (nSPS) is 25.2. The van der Waals surface area contributed by atoms with Crippen molar-refractivity contribution in [2.75, 3.05) is 12.4 Å². The number of rotatable bonds is 6. The Morgan fingerprint density at radius 2 is 1.62 bits per heavy atom. The number of hydrogen-bond acceptors (Lipinski definition) is 10. The van der Waals surface area contributed by atoms with E-state index in [-0.39, 0.29) is 193 Å². The summed E-state index contributed by atoms with van der Waals surface area (Å²) >= 11 is 0.829. The Hall–Kier alpha value is 4.01. The molecule has 5 unspecified atom stereocenters. The number of hydrogen-bond donors (Lipinski definition) is 4. The Morgan fingerprint density at radius 1 is 1.07 bits per heavy atom. The third kappa shape index (κ3) is 12.0. The standard InChI is InChI=1S/C14H17NO9S.4Ac/c16-5-9-11(18)12(19)13(20)14(24-9)25-6-10(17)23-8-3-1-7(2-4-8)15(21)22;;;;/h1-4,9,11-14,16,18-20H,5-6H2;;;;. The van der Waals surface area contributed by atoms with Crippen molar-refractivity contribution in [2.45, 2.75) is 29.9 Å². The SMILES string of the molecule is O=C(CSC1OC(CO)C(O)C(O)C1O)Oc1ccc([N+](=O)[O-])cc1.[Ac].[Ac].[Ac].[Ac]. The third-order valence-corrected chi connectivity index (χ3v) is 4.61. The molecule has 1 fully saturated rings. The fourth-order valence-electron chi connectivity index (χ4n) is 2.15. The molecule has 1 aromatic rings. The van der Waals surface area contributed by atoms with Crippen LogP contribution in [0, 0.1) is 186 Å². The van der Waals surface area contributed by atoms with Crippen molar-refractivity contribution in [3.8, 4) is 5.75 Å². The van der Waals surface area contributed by atoms with Gasteiger partial charge in [0.1, 0.15) is 35.6 Å². The van der Waals surface area contributed by atoms with E-state index >= 15 is 0 Å². The number of aliphatic hydroxyl groups excluding tert-OH is 4. The number of aliphatic hydroxyl groups is 4. The maximum absolute atomic E-state index is 11.8. The maximum Gasteiger partial charge on any atom is 0.321 e. The quantitative estimate of drug-likeness (QED) is 0.121. The van der Waals surface area contributed by atoms with Gasteiger partial charge in [0.25, 0.3) is 5.69 Å². The van der Waals surface area contributed by atoms with Crippen molar-refractivity contribution in [1.82, 2.24) is 0 Å². The molecule has 0 amide bonds. The summed E-state index contributed by atoms with van der Waals surface area (Å²) in [5.74, 6) is -0.833. The smallest absolute Gasteiger partial charge is 0.321 e. The van der Waals surface area contributed by atoms with E-state index in [1.807, 2.05) is 0 Å². The fourth-order valence-corrected chi connectivity index (χ4v) is 3.09. The number of carbonyl (C=O) groups excluding carboxylic acids is 1. The molecule has 0 aromatic heterocycles. The number of benzene rings is 1. The molecule has 1 aromatic carbocycles. The minimum Gasteiger partial charge on any atom is -0.426 e. The van der Waals surface area contributed by atoms with E-state index in [1.165, 1.54) is 24.3 Å². The van der Waals surface area contributed by atoms with E-state index < -0.39 is 47.4 Å². The summed E-state index contributed by atoms with van der Waals surface area (Å²) in [5, 5.41) is 48.8. The van der Waals surface area contributed by atoms with E-state index in [2.05, 4.69) is 0 Å². The molecule has 2 rings (SSSR count). The van der Waals surface area contributed by atoms with Gasteiger partial charge in [-0.1, -0.05) is 0 Å². The van der Waals surface area contributed by atoms with Crippen molar-refractivity contribution in [3.05, 3.63) is 34.4 Å². The molecule has 0 saturated carbocycles. The number of esters is 1. The minimum atomic E-state index is -1.52. The van der Waals surface area contributed by atoms with Gasteiger partial charge in [-0.05, 0) is 12.1 Å². The van der Waals surface area contributed by atoms with Crippen molar-refractivity contribution in [1.29, 1.82) is 0 Å². The Labute approximate surface area is 314 Å². The number of non-ortho nitro benzene ring substituents is 1. The van der Waals surface area contributed by atoms with Gasteiger partial charge in [-0.25, -0.2) is 0 Å². The molecule has 0 aliphatic carbocycles. The molecule has 150 valence electrons. The summed E-state index contributed by atoms with van der Waals surface area (Å²) in [6.07, 6.45) is -5.49. The van der Waals surface area contributed by atoms with Crippen LogP contribution in [0.2, 0.25) is 0 Å². The first-order valence-corrected chi connectivity index (χ1v) is 8.25. The average molecular weight is 1280 g/mol. The number of carbonyl (C=O) groups is 1. The second-order valence-corrected chi connectivity index (χ2v) is 6.32. The number of ether oxygens (including phenoxy) is 2. The molecular weight excluding hydrogens is 1270 g/mol. The minimum absolute atomic E-state index is 0. The van der Waals surface area contributed by atoms with Crippen molar-refractivity contribution >= 4 is 23.4 Å². The van der Waals surface area contributed by atoms with Crippen LogP contribution in [-0.2, 0) is 9.53 Å². The monoisotopic (exact) mass is 1280 g/mol. The maximum atomic E-state index is 11.8. The van der Waals surface area contributed by atoms with E-state index in [0.717, 1.165) is 11.8 Å². The molecule has 4 N–H and O–H groups in total. The second kappa shape index (κ2) is 19.2. The third-order valence-electron chi connectivity index (χ3n) is 3.49. The molecular formula is C14H17Ac4NO9S. The second-order valence-electron chi connectivity index (χ2n) is 5.23. The van der Waals surface area contributed by atoms with Crippen molar-refractivity contribution in [2.24, 2.45) is 0 Å².